The van der Waals surface area contributed by atoms with Crippen molar-refractivity contribution in [2.75, 3.05) is 5.32 Å². The molecule has 0 aliphatic heterocycles. The fraction of sp³-hybridized carbons (Fsp3) is 0.0556. The predicted molar refractivity (Wildman–Crippen MR) is 84.4 cm³/mol. The molecule has 1 aliphatic rings. The van der Waals surface area contributed by atoms with Gasteiger partial charge in [0.1, 0.15) is 0 Å². The standard InChI is InChI=1S/C18H11NO3/c1-9(20)19-16-11-6-3-2-5-10(11)15-14-12(16)7-4-8-13(14)17(21)18(15)22/h2-8H,1H3,(H,19,20). The molecule has 4 nitrogen and oxygen atoms in total. The number of hydrogen-bond acceptors (Lipinski definition) is 3. The van der Waals surface area contributed by atoms with Crippen LogP contribution < -0.4 is 5.32 Å². The molecule has 0 unspecified atom stereocenters. The summed E-state index contributed by atoms with van der Waals surface area (Å²) >= 11 is 0. The zero-order valence-corrected chi connectivity index (χ0v) is 11.8. The molecule has 0 heterocycles. The number of carbonyl (C=O) groups excluding carboxylic acids is 3. The molecule has 1 amide bonds. The summed E-state index contributed by atoms with van der Waals surface area (Å²) in [5.74, 6) is -1.15. The predicted octanol–water partition coefficient (Wildman–Crippen LogP) is 3.33. The molecule has 0 atom stereocenters. The van der Waals surface area contributed by atoms with E-state index in [1.165, 1.54) is 6.92 Å². The average molecular weight is 289 g/mol. The van der Waals surface area contributed by atoms with Crippen LogP contribution in [-0.2, 0) is 4.79 Å². The van der Waals surface area contributed by atoms with Crippen LogP contribution in [0.4, 0.5) is 5.69 Å². The Kier molecular flexibility index (Phi) is 2.45. The highest BCUT2D eigenvalue weighted by Gasteiger charge is 2.33. The Morgan fingerprint density at radius 2 is 1.55 bits per heavy atom. The van der Waals surface area contributed by atoms with Gasteiger partial charge in [0.15, 0.2) is 0 Å². The monoisotopic (exact) mass is 289 g/mol. The van der Waals surface area contributed by atoms with E-state index < -0.39 is 11.6 Å². The first-order chi connectivity index (χ1) is 10.6. The summed E-state index contributed by atoms with van der Waals surface area (Å²) in [5, 5.41) is 5.66. The molecule has 0 fully saturated rings. The van der Waals surface area contributed by atoms with E-state index in [9.17, 15) is 14.4 Å². The van der Waals surface area contributed by atoms with Crippen LogP contribution in [0.5, 0.6) is 0 Å². The summed E-state index contributed by atoms with van der Waals surface area (Å²) in [6.45, 7) is 1.44. The third-order valence-electron chi connectivity index (χ3n) is 4.03. The minimum absolute atomic E-state index is 0.193. The maximum Gasteiger partial charge on any atom is 0.234 e. The largest absolute Gasteiger partial charge is 0.325 e. The molecular weight excluding hydrogens is 278 g/mol. The van der Waals surface area contributed by atoms with E-state index in [1.807, 2.05) is 30.3 Å². The highest BCUT2D eigenvalue weighted by molar-refractivity contribution is 6.59. The highest BCUT2D eigenvalue weighted by atomic mass is 16.2. The molecule has 1 aliphatic carbocycles. The number of amides is 1. The van der Waals surface area contributed by atoms with Gasteiger partial charge in [0.25, 0.3) is 0 Å². The van der Waals surface area contributed by atoms with E-state index in [4.69, 9.17) is 0 Å². The SMILES string of the molecule is CC(=O)Nc1c2ccccc2c2c3c(cccc13)C(=O)C2=O. The lowest BCUT2D eigenvalue weighted by atomic mass is 9.95. The Labute approximate surface area is 125 Å². The maximum atomic E-state index is 12.4. The molecule has 106 valence electrons. The van der Waals surface area contributed by atoms with Gasteiger partial charge in [-0.1, -0.05) is 42.5 Å². The molecule has 3 aromatic rings. The van der Waals surface area contributed by atoms with E-state index in [0.717, 1.165) is 10.8 Å². The van der Waals surface area contributed by atoms with Crippen molar-refractivity contribution in [1.82, 2.24) is 0 Å². The molecule has 0 bridgehead atoms. The van der Waals surface area contributed by atoms with Gasteiger partial charge in [0, 0.05) is 34.2 Å². The van der Waals surface area contributed by atoms with Crippen LogP contribution in [0.3, 0.4) is 0 Å². The second-order valence-electron chi connectivity index (χ2n) is 5.36. The number of hydrogen-bond donors (Lipinski definition) is 1. The number of anilines is 1. The van der Waals surface area contributed by atoms with Crippen LogP contribution >= 0.6 is 0 Å². The topological polar surface area (TPSA) is 63.2 Å². The Bertz CT molecular complexity index is 1020. The van der Waals surface area contributed by atoms with Gasteiger partial charge in [-0.15, -0.1) is 0 Å². The zero-order valence-electron chi connectivity index (χ0n) is 11.8. The number of nitrogens with one attached hydrogen (secondary N) is 1. The molecule has 1 N–H and O–H groups in total. The van der Waals surface area contributed by atoms with Gasteiger partial charge >= 0.3 is 0 Å². The van der Waals surface area contributed by atoms with Crippen LogP contribution in [0.2, 0.25) is 0 Å². The molecule has 3 aromatic carbocycles. The smallest absolute Gasteiger partial charge is 0.234 e. The van der Waals surface area contributed by atoms with Gasteiger partial charge in [-0.05, 0) is 5.39 Å². The first-order valence-corrected chi connectivity index (χ1v) is 6.93. The van der Waals surface area contributed by atoms with Crippen LogP contribution in [0.15, 0.2) is 42.5 Å². The Morgan fingerprint density at radius 3 is 2.27 bits per heavy atom. The second kappa shape index (κ2) is 4.24. The van der Waals surface area contributed by atoms with Gasteiger partial charge in [-0.3, -0.25) is 14.4 Å². The van der Waals surface area contributed by atoms with Crippen molar-refractivity contribution in [3.8, 4) is 0 Å². The van der Waals surface area contributed by atoms with Crippen molar-refractivity contribution in [2.45, 2.75) is 6.92 Å². The summed E-state index contributed by atoms with van der Waals surface area (Å²) in [4.78, 5) is 36.2. The number of fused-ring (bicyclic) bond motifs is 2. The third kappa shape index (κ3) is 1.49. The van der Waals surface area contributed by atoms with Gasteiger partial charge in [0.2, 0.25) is 17.5 Å². The quantitative estimate of drug-likeness (QED) is 0.552. The van der Waals surface area contributed by atoms with Crippen molar-refractivity contribution in [3.05, 3.63) is 53.6 Å². The lowest BCUT2D eigenvalue weighted by Crippen LogP contribution is -2.08. The Hall–Kier alpha value is -3.01. The van der Waals surface area contributed by atoms with E-state index in [1.54, 1.807) is 12.1 Å². The van der Waals surface area contributed by atoms with Crippen LogP contribution in [-0.4, -0.2) is 17.5 Å². The highest BCUT2D eigenvalue weighted by Crippen LogP contribution is 2.41. The van der Waals surface area contributed by atoms with Gasteiger partial charge < -0.3 is 5.32 Å². The van der Waals surface area contributed by atoms with E-state index >= 15 is 0 Å². The van der Waals surface area contributed by atoms with Crippen molar-refractivity contribution in [3.63, 3.8) is 0 Å². The molecule has 22 heavy (non-hydrogen) atoms. The summed E-state index contributed by atoms with van der Waals surface area (Å²) in [6, 6.07) is 12.5. The van der Waals surface area contributed by atoms with Crippen molar-refractivity contribution in [2.24, 2.45) is 0 Å². The number of Topliss-reactive ketones (excluding diaryl/α,β-unsaturated/α-hetero) is 2. The summed E-state index contributed by atoms with van der Waals surface area (Å²) < 4.78 is 0. The van der Waals surface area contributed by atoms with Crippen LogP contribution in [0.1, 0.15) is 27.6 Å². The molecule has 0 aromatic heterocycles. The minimum atomic E-state index is -0.481. The number of benzene rings is 3. The Morgan fingerprint density at radius 1 is 0.864 bits per heavy atom. The zero-order chi connectivity index (χ0) is 15.4. The molecule has 4 heteroatoms. The minimum Gasteiger partial charge on any atom is -0.325 e. The van der Waals surface area contributed by atoms with E-state index in [-0.39, 0.29) is 5.91 Å². The fourth-order valence-electron chi connectivity index (χ4n) is 3.20. The van der Waals surface area contributed by atoms with Gasteiger partial charge in [-0.2, -0.15) is 0 Å². The van der Waals surface area contributed by atoms with E-state index in [0.29, 0.717) is 27.6 Å². The summed E-state index contributed by atoms with van der Waals surface area (Å²) in [6.07, 6.45) is 0. The van der Waals surface area contributed by atoms with Crippen LogP contribution in [0.25, 0.3) is 21.5 Å². The lowest BCUT2D eigenvalue weighted by Gasteiger charge is -2.13. The lowest BCUT2D eigenvalue weighted by molar-refractivity contribution is -0.114. The first-order valence-electron chi connectivity index (χ1n) is 6.93. The molecule has 4 rings (SSSR count). The molecule has 0 saturated carbocycles. The number of rotatable bonds is 1. The summed E-state index contributed by atoms with van der Waals surface area (Å²) in [7, 11) is 0. The van der Waals surface area contributed by atoms with E-state index in [2.05, 4.69) is 5.32 Å². The first kappa shape index (κ1) is 12.7. The third-order valence-corrected chi connectivity index (χ3v) is 4.03. The number of carbonyl (C=O) groups is 3. The molecular formula is C18H11NO3. The second-order valence-corrected chi connectivity index (χ2v) is 5.36. The van der Waals surface area contributed by atoms with Crippen molar-refractivity contribution in [1.29, 1.82) is 0 Å². The molecule has 0 spiro atoms. The number of ketones is 2. The maximum absolute atomic E-state index is 12.4. The average Bonchev–Trinajstić information content (AvgIpc) is 2.77. The van der Waals surface area contributed by atoms with Gasteiger partial charge in [0.05, 0.1) is 5.69 Å². The Balaban J connectivity index is 2.30. The van der Waals surface area contributed by atoms with Crippen molar-refractivity contribution < 1.29 is 14.4 Å². The van der Waals surface area contributed by atoms with Crippen molar-refractivity contribution >= 4 is 44.7 Å². The molecule has 0 radical (unpaired) electrons. The van der Waals surface area contributed by atoms with Gasteiger partial charge in [-0.25, -0.2) is 0 Å². The fourth-order valence-corrected chi connectivity index (χ4v) is 3.20. The van der Waals surface area contributed by atoms with Crippen LogP contribution in [0, 0.1) is 0 Å². The summed E-state index contributed by atoms with van der Waals surface area (Å²) in [5.41, 5.74) is 1.50. The molecule has 0 saturated heterocycles. The normalized spacial score (nSPS) is 13.1.